The average Bonchev–Trinajstić information content (AvgIpc) is 3.17. The number of aromatic nitrogens is 5. The third-order valence-electron chi connectivity index (χ3n) is 4.54. The quantitative estimate of drug-likeness (QED) is 0.509. The molecule has 0 saturated carbocycles. The van der Waals surface area contributed by atoms with Gasteiger partial charge in [-0.15, -0.1) is 0 Å². The van der Waals surface area contributed by atoms with Gasteiger partial charge in [-0.1, -0.05) is 12.1 Å². The van der Waals surface area contributed by atoms with Crippen LogP contribution in [0.4, 0.5) is 0 Å². The topological polar surface area (TPSA) is 105 Å². The molecule has 4 aromatic rings. The van der Waals surface area contributed by atoms with Crippen molar-refractivity contribution in [3.8, 4) is 12.3 Å². The Labute approximate surface area is 154 Å². The minimum absolute atomic E-state index is 0.231. The van der Waals surface area contributed by atoms with Gasteiger partial charge in [0.05, 0.1) is 35.4 Å². The number of fused-ring (bicyclic) bond motifs is 2. The lowest BCUT2D eigenvalue weighted by Crippen LogP contribution is -2.24. The highest BCUT2D eigenvalue weighted by Gasteiger charge is 2.17. The van der Waals surface area contributed by atoms with Crippen LogP contribution in [0.3, 0.4) is 0 Å². The van der Waals surface area contributed by atoms with E-state index in [9.17, 15) is 10.1 Å². The molecule has 0 saturated heterocycles. The Balaban J connectivity index is 1.85. The molecular formula is C19H15N7O. The summed E-state index contributed by atoms with van der Waals surface area (Å²) in [5, 5.41) is 18.2. The zero-order chi connectivity index (χ0) is 18.8. The first-order valence-corrected chi connectivity index (χ1v) is 8.51. The smallest absolute Gasteiger partial charge is 0.326 e. The Hall–Kier alpha value is -3.91. The Bertz CT molecular complexity index is 1280. The summed E-state index contributed by atoms with van der Waals surface area (Å²) in [7, 11) is 0. The van der Waals surface area contributed by atoms with Crippen molar-refractivity contribution >= 4 is 22.1 Å². The summed E-state index contributed by atoms with van der Waals surface area (Å²) in [5.74, 6) is 0.713. The lowest BCUT2D eigenvalue weighted by atomic mass is 10.3. The lowest BCUT2D eigenvalue weighted by molar-refractivity contribution is 0.608. The Morgan fingerprint density at radius 3 is 2.70 bits per heavy atom. The fourth-order valence-electron chi connectivity index (χ4n) is 3.31. The summed E-state index contributed by atoms with van der Waals surface area (Å²) in [6.45, 7) is 0.867. The Morgan fingerprint density at radius 1 is 1.04 bits per heavy atom. The van der Waals surface area contributed by atoms with Gasteiger partial charge in [-0.05, 0) is 24.6 Å². The molecule has 0 radical (unpaired) electrons. The van der Waals surface area contributed by atoms with E-state index < -0.39 is 5.69 Å². The molecule has 0 aliphatic carbocycles. The zero-order valence-electron chi connectivity index (χ0n) is 14.4. The van der Waals surface area contributed by atoms with E-state index in [0.29, 0.717) is 36.2 Å². The third kappa shape index (κ3) is 2.74. The maximum Gasteiger partial charge on any atom is 0.343 e. The molecule has 27 heavy (non-hydrogen) atoms. The summed E-state index contributed by atoms with van der Waals surface area (Å²) in [4.78, 5) is 21.4. The lowest BCUT2D eigenvalue weighted by Gasteiger charge is -2.09. The fourth-order valence-corrected chi connectivity index (χ4v) is 3.31. The number of nitriles is 2. The average molecular weight is 357 g/mol. The van der Waals surface area contributed by atoms with E-state index in [4.69, 9.17) is 5.26 Å². The van der Waals surface area contributed by atoms with Gasteiger partial charge in [0, 0.05) is 19.2 Å². The molecule has 1 aromatic carbocycles. The molecule has 0 N–H and O–H groups in total. The summed E-state index contributed by atoms with van der Waals surface area (Å²) in [6, 6.07) is 11.6. The third-order valence-corrected chi connectivity index (χ3v) is 4.54. The van der Waals surface area contributed by atoms with Gasteiger partial charge in [0.2, 0.25) is 0 Å². The van der Waals surface area contributed by atoms with E-state index in [2.05, 4.69) is 16.0 Å². The fraction of sp³-hybridized carbons (Fsp3) is 0.211. The van der Waals surface area contributed by atoms with Crippen molar-refractivity contribution in [2.75, 3.05) is 0 Å². The van der Waals surface area contributed by atoms with Crippen LogP contribution in [0.5, 0.6) is 0 Å². The summed E-state index contributed by atoms with van der Waals surface area (Å²) < 4.78 is 4.60. The largest absolute Gasteiger partial charge is 0.343 e. The van der Waals surface area contributed by atoms with Crippen LogP contribution in [0.15, 0.2) is 47.5 Å². The summed E-state index contributed by atoms with van der Waals surface area (Å²) >= 11 is 0. The molecular weight excluding hydrogens is 342 g/mol. The molecule has 4 rings (SSSR count). The van der Waals surface area contributed by atoms with Crippen LogP contribution < -0.4 is 5.69 Å². The number of hydrogen-bond donors (Lipinski definition) is 0. The van der Waals surface area contributed by atoms with Crippen molar-refractivity contribution in [1.82, 2.24) is 23.7 Å². The Morgan fingerprint density at radius 2 is 1.89 bits per heavy atom. The predicted octanol–water partition coefficient (Wildman–Crippen LogP) is 2.23. The van der Waals surface area contributed by atoms with Crippen LogP contribution in [-0.2, 0) is 13.1 Å². The van der Waals surface area contributed by atoms with Gasteiger partial charge < -0.3 is 4.57 Å². The van der Waals surface area contributed by atoms with Crippen LogP contribution >= 0.6 is 0 Å². The first kappa shape index (κ1) is 16.6. The highest BCUT2D eigenvalue weighted by atomic mass is 16.1. The first-order valence-electron chi connectivity index (χ1n) is 8.51. The molecule has 0 aliphatic rings. The number of nitrogens with zero attached hydrogens (tertiary/aromatic N) is 7. The normalized spacial score (nSPS) is 10.9. The maximum absolute atomic E-state index is 12.7. The molecule has 0 spiro atoms. The molecule has 0 bridgehead atoms. The molecule has 3 heterocycles. The Kier molecular flexibility index (Phi) is 4.15. The molecule has 0 atom stereocenters. The van der Waals surface area contributed by atoms with E-state index in [1.165, 1.54) is 10.8 Å². The second kappa shape index (κ2) is 6.77. The molecule has 0 fully saturated rings. The second-order valence-corrected chi connectivity index (χ2v) is 6.10. The van der Waals surface area contributed by atoms with Gasteiger partial charge >= 0.3 is 5.69 Å². The van der Waals surface area contributed by atoms with Crippen LogP contribution in [-0.4, -0.2) is 23.7 Å². The van der Waals surface area contributed by atoms with Crippen LogP contribution in [0.1, 0.15) is 18.7 Å². The van der Waals surface area contributed by atoms with Crippen molar-refractivity contribution in [3.05, 3.63) is 59.0 Å². The number of aryl methyl sites for hydroxylation is 1. The molecule has 8 heteroatoms. The van der Waals surface area contributed by atoms with Crippen molar-refractivity contribution in [2.45, 2.75) is 25.9 Å². The van der Waals surface area contributed by atoms with E-state index in [1.807, 2.05) is 35.0 Å². The van der Waals surface area contributed by atoms with Gasteiger partial charge in [0.1, 0.15) is 11.3 Å². The minimum atomic E-state index is -0.420. The molecule has 0 aliphatic heterocycles. The van der Waals surface area contributed by atoms with Crippen LogP contribution in [0.25, 0.3) is 22.1 Å². The van der Waals surface area contributed by atoms with E-state index in [0.717, 1.165) is 15.6 Å². The van der Waals surface area contributed by atoms with Gasteiger partial charge in [0.15, 0.2) is 6.19 Å². The molecule has 0 amide bonds. The van der Waals surface area contributed by atoms with Gasteiger partial charge in [-0.3, -0.25) is 9.55 Å². The van der Waals surface area contributed by atoms with Crippen molar-refractivity contribution < 1.29 is 0 Å². The molecule has 0 unspecified atom stereocenters. The summed E-state index contributed by atoms with van der Waals surface area (Å²) in [6.07, 6.45) is 6.15. The molecule has 3 aromatic heterocycles. The highest BCUT2D eigenvalue weighted by molar-refractivity contribution is 5.77. The molecule has 132 valence electrons. The number of benzene rings is 1. The number of unbranched alkanes of at least 4 members (excludes halogenated alkanes) is 1. The minimum Gasteiger partial charge on any atom is -0.326 e. The number of rotatable bonds is 5. The van der Waals surface area contributed by atoms with Gasteiger partial charge in [0.25, 0.3) is 0 Å². The summed E-state index contributed by atoms with van der Waals surface area (Å²) in [5.41, 5.74) is 2.48. The van der Waals surface area contributed by atoms with Crippen LogP contribution in [0.2, 0.25) is 0 Å². The van der Waals surface area contributed by atoms with E-state index >= 15 is 0 Å². The number of para-hydroxylation sites is 2. The maximum atomic E-state index is 12.7. The van der Waals surface area contributed by atoms with Crippen molar-refractivity contribution in [3.63, 3.8) is 0 Å². The molecule has 8 nitrogen and oxygen atoms in total. The SMILES string of the molecule is N#CCCCn1c(Cn2c(=O)n(C#N)c3cnccc32)nc2ccccc21. The number of imidazole rings is 2. The van der Waals surface area contributed by atoms with Crippen molar-refractivity contribution in [1.29, 1.82) is 10.5 Å². The van der Waals surface area contributed by atoms with Gasteiger partial charge in [-0.25, -0.2) is 9.78 Å². The second-order valence-electron chi connectivity index (χ2n) is 6.10. The monoisotopic (exact) mass is 357 g/mol. The number of hydrogen-bond acceptors (Lipinski definition) is 5. The van der Waals surface area contributed by atoms with Crippen LogP contribution in [0, 0.1) is 22.8 Å². The standard InChI is InChI=1S/C19H15N7O/c20-8-3-4-10-24-15-6-2-1-5-14(15)23-18(24)12-25-16-7-9-22-11-17(16)26(13-21)19(25)27/h1-2,5-7,9,11H,3-4,10,12H2. The predicted molar refractivity (Wildman–Crippen MR) is 98.7 cm³/mol. The highest BCUT2D eigenvalue weighted by Crippen LogP contribution is 2.19. The zero-order valence-corrected chi connectivity index (χ0v) is 14.4. The van der Waals surface area contributed by atoms with Crippen molar-refractivity contribution in [2.24, 2.45) is 0 Å². The van der Waals surface area contributed by atoms with Gasteiger partial charge in [-0.2, -0.15) is 15.1 Å². The number of pyridine rings is 1. The first-order chi connectivity index (χ1) is 13.2. The van der Waals surface area contributed by atoms with E-state index in [1.54, 1.807) is 12.3 Å². The van der Waals surface area contributed by atoms with E-state index in [-0.39, 0.29) is 6.54 Å².